The third-order valence-corrected chi connectivity index (χ3v) is 5.98. The smallest absolute Gasteiger partial charge is 0.232 e. The summed E-state index contributed by atoms with van der Waals surface area (Å²) in [7, 11) is -3.78. The van der Waals surface area contributed by atoms with Crippen LogP contribution in [0.15, 0.2) is 55.0 Å². The van der Waals surface area contributed by atoms with Crippen LogP contribution in [0.1, 0.15) is 6.92 Å². The molecule has 0 bridgehead atoms. The third-order valence-electron chi connectivity index (χ3n) is 4.69. The maximum atomic E-state index is 15.0. The first-order chi connectivity index (χ1) is 15.3. The molecule has 0 saturated carbocycles. The largest absolute Gasteiger partial charge is 0.335 e. The van der Waals surface area contributed by atoms with E-state index in [9.17, 15) is 21.6 Å². The maximum Gasteiger partial charge on any atom is 0.232 e. The normalized spacial score (nSPS) is 11.5. The van der Waals surface area contributed by atoms with Gasteiger partial charge in [-0.15, -0.1) is 0 Å². The van der Waals surface area contributed by atoms with Gasteiger partial charge < -0.3 is 5.32 Å². The fourth-order valence-corrected chi connectivity index (χ4v) is 3.67. The van der Waals surface area contributed by atoms with Gasteiger partial charge in [-0.3, -0.25) is 4.72 Å². The lowest BCUT2D eigenvalue weighted by molar-refractivity contribution is 0.587. The molecule has 7 nitrogen and oxygen atoms in total. The van der Waals surface area contributed by atoms with Gasteiger partial charge in [0, 0.05) is 17.1 Å². The van der Waals surface area contributed by atoms with Crippen molar-refractivity contribution in [1.82, 2.24) is 15.0 Å². The van der Waals surface area contributed by atoms with Crippen LogP contribution in [0.25, 0.3) is 22.0 Å². The summed E-state index contributed by atoms with van der Waals surface area (Å²) < 4.78 is 69.2. The van der Waals surface area contributed by atoms with Crippen LogP contribution in [0.3, 0.4) is 0 Å². The van der Waals surface area contributed by atoms with E-state index in [-0.39, 0.29) is 17.1 Å². The minimum atomic E-state index is -3.78. The number of nitrogens with zero attached hydrogens (tertiary/aromatic N) is 3. The Morgan fingerprint density at radius 2 is 1.81 bits per heavy atom. The Morgan fingerprint density at radius 1 is 1.00 bits per heavy atom. The summed E-state index contributed by atoms with van der Waals surface area (Å²) >= 11 is 0. The average molecular weight is 459 g/mol. The number of fused-ring (bicyclic) bond motifs is 1. The molecule has 4 aromatic rings. The van der Waals surface area contributed by atoms with Crippen LogP contribution >= 0.6 is 0 Å². The van der Waals surface area contributed by atoms with E-state index in [1.807, 2.05) is 0 Å². The summed E-state index contributed by atoms with van der Waals surface area (Å²) in [5.74, 6) is -3.00. The SMILES string of the molecule is CCS(=O)(=O)Nc1ccc(F)c(Nc2ncnc3ccc(-c4cccnc4F)cc23)c1F. The molecule has 0 saturated heterocycles. The second-order valence-corrected chi connectivity index (χ2v) is 8.72. The third kappa shape index (κ3) is 4.19. The Balaban J connectivity index is 1.80. The maximum absolute atomic E-state index is 15.0. The number of nitrogens with one attached hydrogen (secondary N) is 2. The molecule has 164 valence electrons. The van der Waals surface area contributed by atoms with Gasteiger partial charge in [0.2, 0.25) is 16.0 Å². The predicted octanol–water partition coefficient (Wildman–Crippen LogP) is 4.61. The fraction of sp³-hybridized carbons (Fsp3) is 0.0952. The van der Waals surface area contributed by atoms with E-state index in [0.29, 0.717) is 16.5 Å². The number of pyridine rings is 1. The molecule has 2 heterocycles. The number of hydrogen-bond donors (Lipinski definition) is 2. The Hall–Kier alpha value is -3.73. The summed E-state index contributed by atoms with van der Waals surface area (Å²) in [6.07, 6.45) is 2.52. The Morgan fingerprint density at radius 3 is 2.56 bits per heavy atom. The first kappa shape index (κ1) is 21.5. The molecule has 32 heavy (non-hydrogen) atoms. The number of aromatic nitrogens is 3. The number of benzene rings is 2. The summed E-state index contributed by atoms with van der Waals surface area (Å²) in [4.78, 5) is 11.8. The van der Waals surface area contributed by atoms with E-state index >= 15 is 0 Å². The standard InChI is InChI=1S/C21H16F3N5O2S/c1-2-32(30,31)29-17-8-6-15(22)19(18(17)23)28-21-14-10-12(5-7-16(14)26-11-27-21)13-4-3-9-25-20(13)24/h3-11,29H,2H2,1H3,(H,26,27,28). The molecule has 0 atom stereocenters. The number of anilines is 3. The van der Waals surface area contributed by atoms with Gasteiger partial charge in [-0.1, -0.05) is 6.07 Å². The zero-order chi connectivity index (χ0) is 22.9. The number of rotatable bonds is 6. The lowest BCUT2D eigenvalue weighted by Gasteiger charge is -2.14. The van der Waals surface area contributed by atoms with Crippen molar-refractivity contribution in [3.63, 3.8) is 0 Å². The van der Waals surface area contributed by atoms with E-state index in [1.165, 1.54) is 19.4 Å². The topological polar surface area (TPSA) is 96.9 Å². The molecular formula is C21H16F3N5O2S. The molecule has 11 heteroatoms. The fourth-order valence-electron chi connectivity index (χ4n) is 3.03. The second-order valence-electron chi connectivity index (χ2n) is 6.71. The quantitative estimate of drug-likeness (QED) is 0.409. The van der Waals surface area contributed by atoms with Crippen LogP contribution in [0.4, 0.5) is 30.4 Å². The molecule has 0 aliphatic heterocycles. The predicted molar refractivity (Wildman–Crippen MR) is 115 cm³/mol. The van der Waals surface area contributed by atoms with Crippen molar-refractivity contribution in [2.75, 3.05) is 15.8 Å². The van der Waals surface area contributed by atoms with Crippen LogP contribution in [0.5, 0.6) is 0 Å². The van der Waals surface area contributed by atoms with Gasteiger partial charge in [-0.25, -0.2) is 32.2 Å². The zero-order valence-electron chi connectivity index (χ0n) is 16.6. The molecular weight excluding hydrogens is 443 g/mol. The number of halogens is 3. The summed E-state index contributed by atoms with van der Waals surface area (Å²) in [6, 6.07) is 9.86. The highest BCUT2D eigenvalue weighted by Gasteiger charge is 2.19. The molecule has 0 aliphatic rings. The van der Waals surface area contributed by atoms with Crippen molar-refractivity contribution in [2.24, 2.45) is 0 Å². The Bertz CT molecular complexity index is 1430. The minimum Gasteiger partial charge on any atom is -0.335 e. The van der Waals surface area contributed by atoms with Crippen molar-refractivity contribution in [1.29, 1.82) is 0 Å². The molecule has 0 fully saturated rings. The summed E-state index contributed by atoms with van der Waals surface area (Å²) in [5.41, 5.74) is 0.134. The molecule has 0 aliphatic carbocycles. The van der Waals surface area contributed by atoms with E-state index < -0.39 is 39.0 Å². The van der Waals surface area contributed by atoms with Crippen molar-refractivity contribution in [3.8, 4) is 11.1 Å². The molecule has 2 aromatic heterocycles. The van der Waals surface area contributed by atoms with E-state index in [4.69, 9.17) is 0 Å². The summed E-state index contributed by atoms with van der Waals surface area (Å²) in [6.45, 7) is 1.39. The van der Waals surface area contributed by atoms with E-state index in [1.54, 1.807) is 30.3 Å². The summed E-state index contributed by atoms with van der Waals surface area (Å²) in [5, 5.41) is 2.94. The van der Waals surface area contributed by atoms with Gasteiger partial charge >= 0.3 is 0 Å². The van der Waals surface area contributed by atoms with Crippen molar-refractivity contribution in [3.05, 3.63) is 72.6 Å². The minimum absolute atomic E-state index is 0.0504. The average Bonchev–Trinajstić information content (AvgIpc) is 2.78. The Kier molecular flexibility index (Phi) is 5.66. The molecule has 2 aromatic carbocycles. The first-order valence-corrected chi connectivity index (χ1v) is 11.1. The highest BCUT2D eigenvalue weighted by Crippen LogP contribution is 2.33. The zero-order valence-corrected chi connectivity index (χ0v) is 17.4. The van der Waals surface area contributed by atoms with Crippen LogP contribution in [0, 0.1) is 17.6 Å². The van der Waals surface area contributed by atoms with Gasteiger partial charge in [0.15, 0.2) is 5.82 Å². The van der Waals surface area contributed by atoms with Crippen molar-refractivity contribution >= 4 is 38.1 Å². The van der Waals surface area contributed by atoms with Crippen molar-refractivity contribution < 1.29 is 21.6 Å². The van der Waals surface area contributed by atoms with Gasteiger partial charge in [0.25, 0.3) is 0 Å². The molecule has 0 radical (unpaired) electrons. The first-order valence-electron chi connectivity index (χ1n) is 9.40. The highest BCUT2D eigenvalue weighted by molar-refractivity contribution is 7.92. The number of sulfonamides is 1. The monoisotopic (exact) mass is 459 g/mol. The van der Waals surface area contributed by atoms with Crippen LogP contribution in [-0.4, -0.2) is 29.1 Å². The van der Waals surface area contributed by atoms with Gasteiger partial charge in [-0.05, 0) is 48.9 Å². The van der Waals surface area contributed by atoms with Crippen LogP contribution in [0.2, 0.25) is 0 Å². The molecule has 2 N–H and O–H groups in total. The molecule has 0 amide bonds. The Labute approximate surface area is 181 Å². The number of hydrogen-bond acceptors (Lipinski definition) is 6. The molecule has 0 spiro atoms. The second kappa shape index (κ2) is 8.42. The van der Waals surface area contributed by atoms with Crippen molar-refractivity contribution in [2.45, 2.75) is 6.92 Å². The van der Waals surface area contributed by atoms with Gasteiger partial charge in [-0.2, -0.15) is 4.39 Å². The molecule has 0 unspecified atom stereocenters. The van der Waals surface area contributed by atoms with E-state index in [2.05, 4.69) is 25.0 Å². The van der Waals surface area contributed by atoms with Gasteiger partial charge in [0.1, 0.15) is 23.6 Å². The van der Waals surface area contributed by atoms with Crippen LogP contribution in [-0.2, 0) is 10.0 Å². The highest BCUT2D eigenvalue weighted by atomic mass is 32.2. The van der Waals surface area contributed by atoms with Crippen LogP contribution < -0.4 is 10.0 Å². The van der Waals surface area contributed by atoms with Gasteiger partial charge in [0.05, 0.1) is 17.0 Å². The molecule has 4 rings (SSSR count). The lowest BCUT2D eigenvalue weighted by Crippen LogP contribution is -2.16. The lowest BCUT2D eigenvalue weighted by atomic mass is 10.0. The van der Waals surface area contributed by atoms with E-state index in [0.717, 1.165) is 12.1 Å².